The number of nitrogens with zero attached hydrogens (tertiary/aromatic N) is 3. The van der Waals surface area contributed by atoms with E-state index in [1.54, 1.807) is 13.0 Å². The van der Waals surface area contributed by atoms with E-state index in [0.29, 0.717) is 15.9 Å². The summed E-state index contributed by atoms with van der Waals surface area (Å²) in [7, 11) is 0. The zero-order chi connectivity index (χ0) is 13.3. The Hall–Kier alpha value is -1.47. The SMILES string of the molecule is CC(Cl)c1noc(-c2cc(Br)cc([N+](=O)[O-])c2)n1. The van der Waals surface area contributed by atoms with Crippen molar-refractivity contribution in [3.8, 4) is 11.5 Å². The van der Waals surface area contributed by atoms with Crippen LogP contribution < -0.4 is 0 Å². The van der Waals surface area contributed by atoms with Crippen LogP contribution in [-0.2, 0) is 0 Å². The van der Waals surface area contributed by atoms with Crippen LogP contribution in [-0.4, -0.2) is 15.1 Å². The fourth-order valence-electron chi connectivity index (χ4n) is 1.32. The number of hydrogen-bond donors (Lipinski definition) is 0. The average molecular weight is 333 g/mol. The number of non-ortho nitro benzene ring substituents is 1. The Morgan fingerprint density at radius 2 is 2.22 bits per heavy atom. The Kier molecular flexibility index (Phi) is 3.63. The topological polar surface area (TPSA) is 82.1 Å². The van der Waals surface area contributed by atoms with Crippen molar-refractivity contribution in [1.29, 1.82) is 0 Å². The number of nitro groups is 1. The number of hydrogen-bond acceptors (Lipinski definition) is 5. The highest BCUT2D eigenvalue weighted by molar-refractivity contribution is 9.10. The predicted molar refractivity (Wildman–Crippen MR) is 68.4 cm³/mol. The van der Waals surface area contributed by atoms with E-state index < -0.39 is 4.92 Å². The molecule has 0 radical (unpaired) electrons. The van der Waals surface area contributed by atoms with Gasteiger partial charge >= 0.3 is 0 Å². The van der Waals surface area contributed by atoms with E-state index in [9.17, 15) is 10.1 Å². The molecule has 1 heterocycles. The van der Waals surface area contributed by atoms with E-state index in [1.807, 2.05) is 0 Å². The summed E-state index contributed by atoms with van der Waals surface area (Å²) in [6.45, 7) is 1.71. The summed E-state index contributed by atoms with van der Waals surface area (Å²) < 4.78 is 5.57. The zero-order valence-electron chi connectivity index (χ0n) is 9.13. The van der Waals surface area contributed by atoms with Crippen molar-refractivity contribution in [3.63, 3.8) is 0 Å². The first-order valence-electron chi connectivity index (χ1n) is 4.90. The van der Waals surface area contributed by atoms with E-state index in [-0.39, 0.29) is 17.0 Å². The third-order valence-corrected chi connectivity index (χ3v) is 2.79. The molecular weight excluding hydrogens is 325 g/mol. The van der Waals surface area contributed by atoms with Crippen molar-refractivity contribution in [1.82, 2.24) is 10.1 Å². The van der Waals surface area contributed by atoms with Crippen LogP contribution in [0.3, 0.4) is 0 Å². The van der Waals surface area contributed by atoms with Gasteiger partial charge in [-0.2, -0.15) is 4.98 Å². The molecular formula is C10H7BrClN3O3. The molecule has 18 heavy (non-hydrogen) atoms. The van der Waals surface area contributed by atoms with Gasteiger partial charge in [-0.15, -0.1) is 11.6 Å². The van der Waals surface area contributed by atoms with Gasteiger partial charge in [-0.1, -0.05) is 21.1 Å². The molecule has 1 aromatic heterocycles. The molecule has 94 valence electrons. The number of alkyl halides is 1. The minimum atomic E-state index is -0.490. The van der Waals surface area contributed by atoms with Crippen molar-refractivity contribution in [2.45, 2.75) is 12.3 Å². The van der Waals surface area contributed by atoms with Gasteiger partial charge in [0.25, 0.3) is 11.6 Å². The first-order chi connectivity index (χ1) is 8.47. The summed E-state index contributed by atoms with van der Waals surface area (Å²) in [5.74, 6) is 0.538. The highest BCUT2D eigenvalue weighted by Crippen LogP contribution is 2.28. The second-order valence-corrected chi connectivity index (χ2v) is 5.10. The molecule has 8 heteroatoms. The molecule has 1 unspecified atom stereocenters. The number of nitro benzene ring substituents is 1. The molecule has 1 atom stereocenters. The summed E-state index contributed by atoms with van der Waals surface area (Å²) >= 11 is 9.01. The number of rotatable bonds is 3. The van der Waals surface area contributed by atoms with Crippen LogP contribution in [0.4, 0.5) is 5.69 Å². The molecule has 0 N–H and O–H groups in total. The van der Waals surface area contributed by atoms with Crippen LogP contribution in [0.1, 0.15) is 18.1 Å². The quantitative estimate of drug-likeness (QED) is 0.486. The summed E-state index contributed by atoms with van der Waals surface area (Å²) in [6.07, 6.45) is 0. The maximum absolute atomic E-state index is 10.7. The Labute approximate surface area is 115 Å². The van der Waals surface area contributed by atoms with E-state index in [2.05, 4.69) is 26.1 Å². The van der Waals surface area contributed by atoms with Gasteiger partial charge in [0.1, 0.15) is 0 Å². The Morgan fingerprint density at radius 3 is 2.78 bits per heavy atom. The van der Waals surface area contributed by atoms with E-state index >= 15 is 0 Å². The second kappa shape index (κ2) is 5.03. The fourth-order valence-corrected chi connectivity index (χ4v) is 1.89. The van der Waals surface area contributed by atoms with Crippen LogP contribution in [0.5, 0.6) is 0 Å². The van der Waals surface area contributed by atoms with E-state index in [4.69, 9.17) is 16.1 Å². The normalized spacial score (nSPS) is 12.4. The maximum Gasteiger partial charge on any atom is 0.271 e. The molecule has 0 aliphatic rings. The molecule has 0 aliphatic heterocycles. The Bertz CT molecular complexity index is 600. The molecule has 0 bridgehead atoms. The average Bonchev–Trinajstić information content (AvgIpc) is 2.77. The summed E-state index contributed by atoms with van der Waals surface area (Å²) in [5.41, 5.74) is 0.408. The third kappa shape index (κ3) is 2.68. The highest BCUT2D eigenvalue weighted by Gasteiger charge is 2.16. The minimum absolute atomic E-state index is 0.0574. The summed E-state index contributed by atoms with van der Waals surface area (Å²) in [5, 5.41) is 14.1. The van der Waals surface area contributed by atoms with Crippen molar-refractivity contribution < 1.29 is 9.45 Å². The van der Waals surface area contributed by atoms with Crippen LogP contribution in [0, 0.1) is 10.1 Å². The van der Waals surface area contributed by atoms with Crippen LogP contribution in [0.25, 0.3) is 11.5 Å². The Morgan fingerprint density at radius 1 is 1.50 bits per heavy atom. The maximum atomic E-state index is 10.7. The van der Waals surface area contributed by atoms with Crippen molar-refractivity contribution in [2.75, 3.05) is 0 Å². The van der Waals surface area contributed by atoms with Crippen molar-refractivity contribution in [3.05, 3.63) is 38.6 Å². The standard InChI is InChI=1S/C10H7BrClN3O3/c1-5(12)9-13-10(18-14-9)6-2-7(11)4-8(3-6)15(16)17/h2-5H,1H3. The molecule has 0 fully saturated rings. The van der Waals surface area contributed by atoms with Gasteiger partial charge in [0.05, 0.1) is 10.3 Å². The number of benzene rings is 1. The minimum Gasteiger partial charge on any atom is -0.334 e. The van der Waals surface area contributed by atoms with Gasteiger partial charge in [0.2, 0.25) is 0 Å². The largest absolute Gasteiger partial charge is 0.334 e. The van der Waals surface area contributed by atoms with Crippen molar-refractivity contribution in [2.24, 2.45) is 0 Å². The van der Waals surface area contributed by atoms with Crippen molar-refractivity contribution >= 4 is 33.2 Å². The van der Waals surface area contributed by atoms with Gasteiger partial charge in [-0.05, 0) is 13.0 Å². The lowest BCUT2D eigenvalue weighted by Crippen LogP contribution is -1.90. The molecule has 1 aromatic carbocycles. The molecule has 2 rings (SSSR count). The van der Waals surface area contributed by atoms with Crippen LogP contribution in [0.2, 0.25) is 0 Å². The van der Waals surface area contributed by atoms with Gasteiger partial charge in [0, 0.05) is 22.2 Å². The van der Waals surface area contributed by atoms with Gasteiger partial charge in [-0.25, -0.2) is 0 Å². The van der Waals surface area contributed by atoms with E-state index in [1.165, 1.54) is 12.1 Å². The van der Waals surface area contributed by atoms with E-state index in [0.717, 1.165) is 0 Å². The molecule has 0 saturated carbocycles. The number of aromatic nitrogens is 2. The number of halogens is 2. The van der Waals surface area contributed by atoms with Gasteiger partial charge < -0.3 is 4.52 Å². The lowest BCUT2D eigenvalue weighted by Gasteiger charge is -1.97. The molecule has 0 spiro atoms. The summed E-state index contributed by atoms with van der Waals surface area (Å²) in [6, 6.07) is 4.41. The fraction of sp³-hybridized carbons (Fsp3) is 0.200. The molecule has 0 aliphatic carbocycles. The zero-order valence-corrected chi connectivity index (χ0v) is 11.5. The van der Waals surface area contributed by atoms with Crippen LogP contribution in [0.15, 0.2) is 27.2 Å². The lowest BCUT2D eigenvalue weighted by molar-refractivity contribution is -0.384. The molecule has 0 amide bonds. The molecule has 2 aromatic rings. The Balaban J connectivity index is 2.46. The lowest BCUT2D eigenvalue weighted by atomic mass is 10.2. The molecule has 6 nitrogen and oxygen atoms in total. The first-order valence-corrected chi connectivity index (χ1v) is 6.13. The monoisotopic (exact) mass is 331 g/mol. The predicted octanol–water partition coefficient (Wildman–Crippen LogP) is 3.71. The second-order valence-electron chi connectivity index (χ2n) is 3.53. The molecule has 0 saturated heterocycles. The highest BCUT2D eigenvalue weighted by atomic mass is 79.9. The summed E-state index contributed by atoms with van der Waals surface area (Å²) in [4.78, 5) is 14.3. The first kappa shape index (κ1) is 13.0. The van der Waals surface area contributed by atoms with Gasteiger partial charge in [0.15, 0.2) is 5.82 Å². The van der Waals surface area contributed by atoms with Gasteiger partial charge in [-0.3, -0.25) is 10.1 Å². The smallest absolute Gasteiger partial charge is 0.271 e. The third-order valence-electron chi connectivity index (χ3n) is 2.14. The van der Waals surface area contributed by atoms with Crippen LogP contribution >= 0.6 is 27.5 Å².